The summed E-state index contributed by atoms with van der Waals surface area (Å²) in [5, 5.41) is 0. The van der Waals surface area contributed by atoms with Crippen LogP contribution in [0.5, 0.6) is 0 Å². The number of rotatable bonds is 3. The molecule has 0 atom stereocenters. The van der Waals surface area contributed by atoms with Gasteiger partial charge in [0.05, 0.1) is 17.6 Å². The Kier molecular flexibility index (Phi) is 3.33. The summed E-state index contributed by atoms with van der Waals surface area (Å²) in [6, 6.07) is 10.2. The molecule has 0 radical (unpaired) electrons. The Morgan fingerprint density at radius 1 is 1.10 bits per heavy atom. The van der Waals surface area contributed by atoms with E-state index in [9.17, 15) is 0 Å². The van der Waals surface area contributed by atoms with Crippen molar-refractivity contribution < 1.29 is 0 Å². The molecular weight excluding hydrogens is 262 g/mol. The van der Waals surface area contributed by atoms with Crippen LogP contribution in [0.25, 0.3) is 11.0 Å². The molecule has 5 nitrogen and oxygen atoms in total. The molecule has 2 aromatic heterocycles. The number of hydrogen-bond donors (Lipinski definition) is 0. The van der Waals surface area contributed by atoms with E-state index in [1.165, 1.54) is 0 Å². The highest BCUT2D eigenvalue weighted by Gasteiger charge is 2.11. The molecule has 0 aliphatic carbocycles. The summed E-state index contributed by atoms with van der Waals surface area (Å²) in [5.41, 5.74) is 3.16. The van der Waals surface area contributed by atoms with E-state index in [2.05, 4.69) is 32.5 Å². The topological polar surface area (TPSA) is 46.8 Å². The molecule has 0 aliphatic rings. The highest BCUT2D eigenvalue weighted by Crippen LogP contribution is 2.18. The van der Waals surface area contributed by atoms with Crippen molar-refractivity contribution in [3.63, 3.8) is 0 Å². The van der Waals surface area contributed by atoms with Crippen molar-refractivity contribution in [3.8, 4) is 0 Å². The number of para-hydroxylation sites is 2. The number of anilines is 1. The first-order valence-corrected chi connectivity index (χ1v) is 6.98. The van der Waals surface area contributed by atoms with Gasteiger partial charge in [0, 0.05) is 25.9 Å². The summed E-state index contributed by atoms with van der Waals surface area (Å²) in [7, 11) is 4.08. The standard InChI is InChI=1S/C16H19N5/c1-11-9-15(18-12(2)17-11)20(3)10-16-19-13-7-5-6-8-14(13)21(16)4/h5-9H,10H2,1-4H3. The Bertz CT molecular complexity index is 770. The van der Waals surface area contributed by atoms with Gasteiger partial charge in [-0.1, -0.05) is 12.1 Å². The molecule has 0 saturated carbocycles. The molecule has 0 amide bonds. The van der Waals surface area contributed by atoms with Crippen LogP contribution < -0.4 is 4.90 Å². The molecule has 3 rings (SSSR count). The van der Waals surface area contributed by atoms with Gasteiger partial charge in [-0.15, -0.1) is 0 Å². The van der Waals surface area contributed by atoms with Crippen LogP contribution in [0, 0.1) is 13.8 Å². The molecule has 1 aromatic carbocycles. The van der Waals surface area contributed by atoms with Crippen LogP contribution in [0.15, 0.2) is 30.3 Å². The zero-order chi connectivity index (χ0) is 15.0. The third-order valence-corrected chi connectivity index (χ3v) is 3.60. The highest BCUT2D eigenvalue weighted by atomic mass is 15.2. The molecule has 0 fully saturated rings. The van der Waals surface area contributed by atoms with Gasteiger partial charge in [0.15, 0.2) is 0 Å². The molecule has 0 N–H and O–H groups in total. The van der Waals surface area contributed by atoms with E-state index in [0.29, 0.717) is 6.54 Å². The largest absolute Gasteiger partial charge is 0.352 e. The maximum absolute atomic E-state index is 4.70. The SMILES string of the molecule is Cc1cc(N(C)Cc2nc3ccccc3n2C)nc(C)n1. The lowest BCUT2D eigenvalue weighted by Crippen LogP contribution is -2.20. The van der Waals surface area contributed by atoms with Gasteiger partial charge in [-0.05, 0) is 26.0 Å². The fraction of sp³-hybridized carbons (Fsp3) is 0.312. The molecule has 108 valence electrons. The van der Waals surface area contributed by atoms with Crippen molar-refractivity contribution in [1.29, 1.82) is 0 Å². The summed E-state index contributed by atoms with van der Waals surface area (Å²) in [6.45, 7) is 4.61. The smallest absolute Gasteiger partial charge is 0.132 e. The van der Waals surface area contributed by atoms with Gasteiger partial charge in [0.2, 0.25) is 0 Å². The number of benzene rings is 1. The van der Waals surface area contributed by atoms with E-state index in [1.54, 1.807) is 0 Å². The molecule has 21 heavy (non-hydrogen) atoms. The molecular formula is C16H19N5. The predicted octanol–water partition coefficient (Wildman–Crippen LogP) is 2.62. The third-order valence-electron chi connectivity index (χ3n) is 3.60. The van der Waals surface area contributed by atoms with E-state index in [0.717, 1.165) is 34.2 Å². The van der Waals surface area contributed by atoms with Crippen LogP contribution in [0.1, 0.15) is 17.3 Å². The van der Waals surface area contributed by atoms with Crippen LogP contribution in [0.3, 0.4) is 0 Å². The highest BCUT2D eigenvalue weighted by molar-refractivity contribution is 5.75. The zero-order valence-electron chi connectivity index (χ0n) is 12.8. The van der Waals surface area contributed by atoms with Crippen LogP contribution in [-0.4, -0.2) is 26.6 Å². The van der Waals surface area contributed by atoms with E-state index in [-0.39, 0.29) is 0 Å². The Morgan fingerprint density at radius 2 is 1.86 bits per heavy atom. The lowest BCUT2D eigenvalue weighted by molar-refractivity contribution is 0.764. The first-order valence-electron chi connectivity index (χ1n) is 6.98. The lowest BCUT2D eigenvalue weighted by atomic mass is 10.3. The van der Waals surface area contributed by atoms with Gasteiger partial charge < -0.3 is 9.47 Å². The molecule has 5 heteroatoms. The van der Waals surface area contributed by atoms with Crippen LogP contribution in [-0.2, 0) is 13.6 Å². The summed E-state index contributed by atoms with van der Waals surface area (Å²) < 4.78 is 2.13. The number of aromatic nitrogens is 4. The fourth-order valence-corrected chi connectivity index (χ4v) is 2.52. The van der Waals surface area contributed by atoms with Crippen molar-refractivity contribution in [2.45, 2.75) is 20.4 Å². The number of nitrogens with zero attached hydrogens (tertiary/aromatic N) is 5. The molecule has 3 aromatic rings. The minimum atomic E-state index is 0.709. The van der Waals surface area contributed by atoms with E-state index >= 15 is 0 Å². The average Bonchev–Trinajstić information content (AvgIpc) is 2.75. The van der Waals surface area contributed by atoms with Gasteiger partial charge in [-0.2, -0.15) is 0 Å². The third kappa shape index (κ3) is 2.59. The number of aryl methyl sites for hydroxylation is 3. The predicted molar refractivity (Wildman–Crippen MR) is 84.3 cm³/mol. The summed E-state index contributed by atoms with van der Waals surface area (Å²) in [5.74, 6) is 2.74. The Morgan fingerprint density at radius 3 is 2.57 bits per heavy atom. The Labute approximate surface area is 124 Å². The first kappa shape index (κ1) is 13.5. The molecule has 0 spiro atoms. The normalized spacial score (nSPS) is 11.0. The second-order valence-electron chi connectivity index (χ2n) is 5.35. The maximum atomic E-state index is 4.70. The second kappa shape index (κ2) is 5.16. The molecule has 0 unspecified atom stereocenters. The second-order valence-corrected chi connectivity index (χ2v) is 5.35. The number of fused-ring (bicyclic) bond motifs is 1. The zero-order valence-corrected chi connectivity index (χ0v) is 12.8. The minimum Gasteiger partial charge on any atom is -0.352 e. The quantitative estimate of drug-likeness (QED) is 0.740. The summed E-state index contributed by atoms with van der Waals surface area (Å²) in [6.07, 6.45) is 0. The van der Waals surface area contributed by atoms with Crippen molar-refractivity contribution >= 4 is 16.9 Å². The number of imidazole rings is 1. The summed E-state index contributed by atoms with van der Waals surface area (Å²) >= 11 is 0. The van der Waals surface area contributed by atoms with Crippen LogP contribution in [0.4, 0.5) is 5.82 Å². The first-order chi connectivity index (χ1) is 10.0. The lowest BCUT2D eigenvalue weighted by Gasteiger charge is -2.18. The van der Waals surface area contributed by atoms with E-state index in [1.807, 2.05) is 45.2 Å². The van der Waals surface area contributed by atoms with Gasteiger partial charge in [0.1, 0.15) is 17.5 Å². The van der Waals surface area contributed by atoms with Crippen molar-refractivity contribution in [3.05, 3.63) is 47.7 Å². The van der Waals surface area contributed by atoms with E-state index in [4.69, 9.17) is 4.98 Å². The van der Waals surface area contributed by atoms with E-state index < -0.39 is 0 Å². The van der Waals surface area contributed by atoms with Crippen LogP contribution >= 0.6 is 0 Å². The minimum absolute atomic E-state index is 0.709. The molecule has 0 bridgehead atoms. The van der Waals surface area contributed by atoms with Crippen LogP contribution in [0.2, 0.25) is 0 Å². The monoisotopic (exact) mass is 281 g/mol. The van der Waals surface area contributed by atoms with Crippen molar-refractivity contribution in [2.75, 3.05) is 11.9 Å². The van der Waals surface area contributed by atoms with Gasteiger partial charge in [-0.3, -0.25) is 0 Å². The van der Waals surface area contributed by atoms with Gasteiger partial charge in [0.25, 0.3) is 0 Å². The number of hydrogen-bond acceptors (Lipinski definition) is 4. The Balaban J connectivity index is 1.92. The van der Waals surface area contributed by atoms with Gasteiger partial charge >= 0.3 is 0 Å². The molecule has 2 heterocycles. The van der Waals surface area contributed by atoms with Crippen molar-refractivity contribution in [1.82, 2.24) is 19.5 Å². The Hall–Kier alpha value is -2.43. The summed E-state index contributed by atoms with van der Waals surface area (Å²) in [4.78, 5) is 15.6. The maximum Gasteiger partial charge on any atom is 0.132 e. The molecule has 0 aliphatic heterocycles. The average molecular weight is 281 g/mol. The molecule has 0 saturated heterocycles. The van der Waals surface area contributed by atoms with Gasteiger partial charge in [-0.25, -0.2) is 15.0 Å². The van der Waals surface area contributed by atoms with Crippen molar-refractivity contribution in [2.24, 2.45) is 7.05 Å². The fourth-order valence-electron chi connectivity index (χ4n) is 2.52.